The summed E-state index contributed by atoms with van der Waals surface area (Å²) in [6.07, 6.45) is -0.280. The zero-order chi connectivity index (χ0) is 23.0. The van der Waals surface area contributed by atoms with Crippen LogP contribution in [0.25, 0.3) is 10.2 Å². The van der Waals surface area contributed by atoms with Crippen LogP contribution in [-0.4, -0.2) is 36.7 Å². The lowest BCUT2D eigenvalue weighted by atomic mass is 10.1. The van der Waals surface area contributed by atoms with Crippen LogP contribution in [-0.2, 0) is 6.42 Å². The van der Waals surface area contributed by atoms with Gasteiger partial charge in [-0.1, -0.05) is 6.92 Å². The second-order valence-corrected chi connectivity index (χ2v) is 9.14. The molecule has 5 nitrogen and oxygen atoms in total. The highest BCUT2D eigenvalue weighted by Gasteiger charge is 2.33. The van der Waals surface area contributed by atoms with Crippen molar-refractivity contribution in [3.63, 3.8) is 0 Å². The van der Waals surface area contributed by atoms with Gasteiger partial charge in [-0.25, -0.2) is 18.2 Å². The van der Waals surface area contributed by atoms with Gasteiger partial charge in [0.25, 0.3) is 5.91 Å². The minimum Gasteiger partial charge on any atom is -0.397 e. The molecule has 0 saturated carbocycles. The Morgan fingerprint density at radius 3 is 2.78 bits per heavy atom. The lowest BCUT2D eigenvalue weighted by molar-refractivity contribution is 0.0959. The lowest BCUT2D eigenvalue weighted by Gasteiger charge is -2.20. The van der Waals surface area contributed by atoms with Crippen molar-refractivity contribution < 1.29 is 18.0 Å². The van der Waals surface area contributed by atoms with Gasteiger partial charge in [-0.05, 0) is 43.5 Å². The SMILES string of the molecule is CC[C@H]1CN(c2cc(F)c(CCNC(=O)c3sc4nc(C)ccc4c3N)cc2F)C[C@H]1F. The van der Waals surface area contributed by atoms with E-state index in [2.05, 4.69) is 10.3 Å². The zero-order valence-corrected chi connectivity index (χ0v) is 18.7. The van der Waals surface area contributed by atoms with Gasteiger partial charge in [0.15, 0.2) is 0 Å². The third kappa shape index (κ3) is 4.26. The van der Waals surface area contributed by atoms with E-state index in [1.54, 1.807) is 4.90 Å². The fourth-order valence-electron chi connectivity index (χ4n) is 4.07. The maximum atomic E-state index is 14.7. The number of alkyl halides is 1. The van der Waals surface area contributed by atoms with Gasteiger partial charge < -0.3 is 16.0 Å². The number of halogens is 3. The summed E-state index contributed by atoms with van der Waals surface area (Å²) in [5.74, 6) is -1.72. The summed E-state index contributed by atoms with van der Waals surface area (Å²) in [6.45, 7) is 4.29. The lowest BCUT2D eigenvalue weighted by Crippen LogP contribution is -2.26. The molecule has 2 atom stereocenters. The molecule has 3 heterocycles. The quantitative estimate of drug-likeness (QED) is 0.561. The van der Waals surface area contributed by atoms with E-state index in [0.717, 1.165) is 23.2 Å². The van der Waals surface area contributed by atoms with Crippen LogP contribution in [0, 0.1) is 24.5 Å². The summed E-state index contributed by atoms with van der Waals surface area (Å²) in [5, 5.41) is 3.43. The Balaban J connectivity index is 1.42. The first kappa shape index (κ1) is 22.4. The number of aromatic nitrogens is 1. The van der Waals surface area contributed by atoms with Gasteiger partial charge in [0.2, 0.25) is 0 Å². The number of aryl methyl sites for hydroxylation is 1. The number of carbonyl (C=O) groups is 1. The number of hydrogen-bond acceptors (Lipinski definition) is 5. The van der Waals surface area contributed by atoms with E-state index in [0.29, 0.717) is 28.4 Å². The van der Waals surface area contributed by atoms with E-state index in [-0.39, 0.29) is 42.6 Å². The Bertz CT molecular complexity index is 1170. The normalized spacial score (nSPS) is 18.5. The monoisotopic (exact) mass is 462 g/mol. The first-order valence-corrected chi connectivity index (χ1v) is 11.4. The second-order valence-electron chi connectivity index (χ2n) is 8.14. The number of nitrogen functional groups attached to an aromatic ring is 1. The van der Waals surface area contributed by atoms with E-state index in [4.69, 9.17) is 5.73 Å². The van der Waals surface area contributed by atoms with Crippen LogP contribution in [0.2, 0.25) is 0 Å². The molecule has 0 unspecified atom stereocenters. The fraction of sp³-hybridized carbons (Fsp3) is 0.391. The van der Waals surface area contributed by atoms with Crippen molar-refractivity contribution in [3.8, 4) is 0 Å². The predicted molar refractivity (Wildman–Crippen MR) is 122 cm³/mol. The van der Waals surface area contributed by atoms with E-state index < -0.39 is 17.8 Å². The molecule has 1 amide bonds. The standard InChI is InChI=1S/C23H25F3N4OS/c1-3-13-10-30(11-18(13)26)19-9-16(24)14(8-17(19)25)6-7-28-22(31)21-20(27)15-5-4-12(2)29-23(15)32-21/h4-5,8-9,13,18H,3,6-7,10-11,27H2,1-2H3,(H,28,31)/t13-,18+/m0/s1. The van der Waals surface area contributed by atoms with Crippen molar-refractivity contribution in [2.75, 3.05) is 30.3 Å². The van der Waals surface area contributed by atoms with Gasteiger partial charge in [-0.2, -0.15) is 0 Å². The molecular formula is C23H25F3N4OS. The van der Waals surface area contributed by atoms with Crippen LogP contribution in [0.4, 0.5) is 24.5 Å². The van der Waals surface area contributed by atoms with Gasteiger partial charge in [0.1, 0.15) is 27.5 Å². The van der Waals surface area contributed by atoms with Crippen molar-refractivity contribution in [1.29, 1.82) is 0 Å². The van der Waals surface area contributed by atoms with Crippen molar-refractivity contribution in [3.05, 3.63) is 52.0 Å². The molecule has 0 radical (unpaired) electrons. The molecule has 3 aromatic rings. The number of nitrogens with zero attached hydrogens (tertiary/aromatic N) is 2. The Labute approximate surface area is 188 Å². The first-order valence-electron chi connectivity index (χ1n) is 10.6. The molecule has 170 valence electrons. The van der Waals surface area contributed by atoms with E-state index >= 15 is 0 Å². The molecule has 1 aliphatic rings. The van der Waals surface area contributed by atoms with Crippen LogP contribution in [0.3, 0.4) is 0 Å². The summed E-state index contributed by atoms with van der Waals surface area (Å²) in [5.41, 5.74) is 7.51. The van der Waals surface area contributed by atoms with Crippen LogP contribution in [0.1, 0.15) is 34.3 Å². The Hall–Kier alpha value is -2.81. The number of nitrogens with two attached hydrogens (primary N) is 1. The topological polar surface area (TPSA) is 71.2 Å². The smallest absolute Gasteiger partial charge is 0.263 e. The zero-order valence-electron chi connectivity index (χ0n) is 17.9. The number of pyridine rings is 1. The Kier molecular flexibility index (Phi) is 6.28. The molecule has 1 aromatic carbocycles. The number of benzene rings is 1. The van der Waals surface area contributed by atoms with Crippen LogP contribution >= 0.6 is 11.3 Å². The van der Waals surface area contributed by atoms with Gasteiger partial charge >= 0.3 is 0 Å². The van der Waals surface area contributed by atoms with E-state index in [9.17, 15) is 18.0 Å². The molecule has 32 heavy (non-hydrogen) atoms. The molecular weight excluding hydrogens is 437 g/mol. The van der Waals surface area contributed by atoms with Gasteiger partial charge in [0.05, 0.1) is 11.4 Å². The third-order valence-electron chi connectivity index (χ3n) is 5.96. The average molecular weight is 463 g/mol. The molecule has 0 bridgehead atoms. The average Bonchev–Trinajstić information content (AvgIpc) is 3.29. The summed E-state index contributed by atoms with van der Waals surface area (Å²) in [7, 11) is 0. The van der Waals surface area contributed by atoms with Gasteiger partial charge in [-0.3, -0.25) is 4.79 Å². The second kappa shape index (κ2) is 8.97. The van der Waals surface area contributed by atoms with Crippen LogP contribution in [0.15, 0.2) is 24.3 Å². The molecule has 2 aromatic heterocycles. The molecule has 3 N–H and O–H groups in total. The summed E-state index contributed by atoms with van der Waals surface area (Å²) in [6, 6.07) is 5.90. The van der Waals surface area contributed by atoms with Gasteiger partial charge in [-0.15, -0.1) is 11.3 Å². The number of fused-ring (bicyclic) bond motifs is 1. The maximum absolute atomic E-state index is 14.7. The number of thiophene rings is 1. The molecule has 0 spiro atoms. The van der Waals surface area contributed by atoms with Crippen molar-refractivity contribution in [2.24, 2.45) is 5.92 Å². The molecule has 4 rings (SSSR count). The molecule has 1 saturated heterocycles. The first-order chi connectivity index (χ1) is 15.3. The number of hydrogen-bond donors (Lipinski definition) is 2. The molecule has 1 aliphatic heterocycles. The molecule has 1 fully saturated rings. The number of amides is 1. The van der Waals surface area contributed by atoms with E-state index in [1.807, 2.05) is 26.0 Å². The highest BCUT2D eigenvalue weighted by molar-refractivity contribution is 7.21. The minimum absolute atomic E-state index is 0.0647. The van der Waals surface area contributed by atoms with Crippen LogP contribution in [0.5, 0.6) is 0 Å². The maximum Gasteiger partial charge on any atom is 0.263 e. The Morgan fingerprint density at radius 1 is 1.28 bits per heavy atom. The highest BCUT2D eigenvalue weighted by atomic mass is 32.1. The third-order valence-corrected chi connectivity index (χ3v) is 7.08. The van der Waals surface area contributed by atoms with Crippen molar-refractivity contribution in [1.82, 2.24) is 10.3 Å². The fourth-order valence-corrected chi connectivity index (χ4v) is 5.13. The largest absolute Gasteiger partial charge is 0.397 e. The Morgan fingerprint density at radius 2 is 2.06 bits per heavy atom. The van der Waals surface area contributed by atoms with Crippen LogP contribution < -0.4 is 16.0 Å². The highest BCUT2D eigenvalue weighted by Crippen LogP contribution is 2.33. The minimum atomic E-state index is -1.04. The number of carbonyl (C=O) groups excluding carboxylic acids is 1. The predicted octanol–water partition coefficient (Wildman–Crippen LogP) is 4.62. The van der Waals surface area contributed by atoms with Crippen molar-refractivity contribution >= 4 is 38.8 Å². The van der Waals surface area contributed by atoms with Crippen molar-refractivity contribution in [2.45, 2.75) is 32.9 Å². The number of anilines is 2. The number of nitrogens with one attached hydrogen (secondary N) is 1. The summed E-state index contributed by atoms with van der Waals surface area (Å²) >= 11 is 1.20. The summed E-state index contributed by atoms with van der Waals surface area (Å²) < 4.78 is 43.3. The van der Waals surface area contributed by atoms with E-state index in [1.165, 1.54) is 11.3 Å². The molecule has 9 heteroatoms. The molecule has 0 aliphatic carbocycles. The summed E-state index contributed by atoms with van der Waals surface area (Å²) in [4.78, 5) is 19.5. The number of rotatable bonds is 6. The van der Waals surface area contributed by atoms with Gasteiger partial charge in [0, 0.05) is 42.7 Å².